The minimum atomic E-state index is -1.08. The van der Waals surface area contributed by atoms with Gasteiger partial charge in [0.1, 0.15) is 0 Å². The lowest BCUT2D eigenvalue weighted by Crippen LogP contribution is -2.08. The first-order valence-electron chi connectivity index (χ1n) is 6.88. The molecule has 0 saturated carbocycles. The van der Waals surface area contributed by atoms with E-state index in [1.165, 1.54) is 5.56 Å². The van der Waals surface area contributed by atoms with Gasteiger partial charge in [-0.2, -0.15) is 0 Å². The van der Waals surface area contributed by atoms with Crippen LogP contribution in [0.4, 0.5) is 14.5 Å². The van der Waals surface area contributed by atoms with Crippen LogP contribution in [0.1, 0.15) is 40.9 Å². The lowest BCUT2D eigenvalue weighted by atomic mass is 9.95. The molecule has 0 radical (unpaired) electrons. The topological polar surface area (TPSA) is 43.1 Å². The van der Waals surface area contributed by atoms with Crippen LogP contribution in [0.15, 0.2) is 30.3 Å². The molecule has 0 saturated heterocycles. The highest BCUT2D eigenvalue weighted by Gasteiger charge is 2.17. The molecule has 0 aromatic heterocycles. The molecule has 0 aliphatic heterocycles. The third kappa shape index (κ3) is 2.94. The predicted octanol–water partition coefficient (Wildman–Crippen LogP) is 3.90. The van der Waals surface area contributed by atoms with Crippen LogP contribution < -0.4 is 5.73 Å². The van der Waals surface area contributed by atoms with E-state index in [1.807, 2.05) is 19.9 Å². The fourth-order valence-corrected chi connectivity index (χ4v) is 2.36. The van der Waals surface area contributed by atoms with Crippen molar-refractivity contribution in [2.45, 2.75) is 26.7 Å². The Hall–Kier alpha value is -2.23. The molecule has 4 heteroatoms. The number of aryl methyl sites for hydroxylation is 2. The van der Waals surface area contributed by atoms with E-state index in [9.17, 15) is 13.6 Å². The standard InChI is InChI=1S/C17H17F2NO/c1-3-10-5-6-12(7-11(10)4-2)17(21)13-8-14(18)15(19)9-16(13)20/h5-9H,3-4,20H2,1-2H3. The maximum Gasteiger partial charge on any atom is 0.195 e. The maximum atomic E-state index is 13.3. The predicted molar refractivity (Wildman–Crippen MR) is 79.4 cm³/mol. The van der Waals surface area contributed by atoms with Gasteiger partial charge in [-0.3, -0.25) is 4.79 Å². The number of benzene rings is 2. The van der Waals surface area contributed by atoms with Crippen LogP contribution in [0.3, 0.4) is 0 Å². The highest BCUT2D eigenvalue weighted by atomic mass is 19.2. The van der Waals surface area contributed by atoms with Crippen molar-refractivity contribution >= 4 is 11.5 Å². The molecule has 110 valence electrons. The minimum absolute atomic E-state index is 0.0137. The van der Waals surface area contributed by atoms with E-state index in [1.54, 1.807) is 12.1 Å². The zero-order chi connectivity index (χ0) is 15.6. The summed E-state index contributed by atoms with van der Waals surface area (Å²) in [7, 11) is 0. The van der Waals surface area contributed by atoms with E-state index in [-0.39, 0.29) is 11.3 Å². The second-order valence-corrected chi connectivity index (χ2v) is 4.87. The van der Waals surface area contributed by atoms with Crippen molar-refractivity contribution in [3.8, 4) is 0 Å². The van der Waals surface area contributed by atoms with Crippen molar-refractivity contribution in [1.29, 1.82) is 0 Å². The summed E-state index contributed by atoms with van der Waals surface area (Å²) in [6.07, 6.45) is 1.68. The van der Waals surface area contributed by atoms with E-state index in [0.717, 1.165) is 30.5 Å². The SMILES string of the molecule is CCc1ccc(C(=O)c2cc(F)c(F)cc2N)cc1CC. The molecule has 2 aromatic rings. The van der Waals surface area contributed by atoms with Crippen molar-refractivity contribution in [2.75, 3.05) is 5.73 Å². The first-order valence-corrected chi connectivity index (χ1v) is 6.88. The van der Waals surface area contributed by atoms with Gasteiger partial charge in [0.25, 0.3) is 0 Å². The number of ketones is 1. The van der Waals surface area contributed by atoms with Crippen LogP contribution in [0, 0.1) is 11.6 Å². The fourth-order valence-electron chi connectivity index (χ4n) is 2.36. The molecule has 0 unspecified atom stereocenters. The van der Waals surface area contributed by atoms with Crippen LogP contribution in [0.2, 0.25) is 0 Å². The second kappa shape index (κ2) is 6.04. The summed E-state index contributed by atoms with van der Waals surface area (Å²) in [4.78, 5) is 12.4. The van der Waals surface area contributed by atoms with Crippen LogP contribution >= 0.6 is 0 Å². The van der Waals surface area contributed by atoms with E-state index >= 15 is 0 Å². The number of carbonyl (C=O) groups is 1. The van der Waals surface area contributed by atoms with Gasteiger partial charge in [0.2, 0.25) is 0 Å². The Balaban J connectivity index is 2.47. The molecule has 0 amide bonds. The van der Waals surface area contributed by atoms with Gasteiger partial charge in [0, 0.05) is 22.9 Å². The number of carbonyl (C=O) groups excluding carboxylic acids is 1. The summed E-state index contributed by atoms with van der Waals surface area (Å²) in [5.41, 5.74) is 8.23. The number of rotatable bonds is 4. The highest BCUT2D eigenvalue weighted by molar-refractivity contribution is 6.12. The molecule has 0 bridgehead atoms. The smallest absolute Gasteiger partial charge is 0.195 e. The quantitative estimate of drug-likeness (QED) is 0.685. The first-order chi connectivity index (χ1) is 9.97. The largest absolute Gasteiger partial charge is 0.398 e. The molecular formula is C17H17F2NO. The van der Waals surface area contributed by atoms with Crippen LogP contribution in [0.5, 0.6) is 0 Å². The number of anilines is 1. The van der Waals surface area contributed by atoms with E-state index < -0.39 is 17.4 Å². The third-order valence-corrected chi connectivity index (χ3v) is 3.57. The van der Waals surface area contributed by atoms with E-state index in [0.29, 0.717) is 5.56 Å². The molecule has 0 fully saturated rings. The lowest BCUT2D eigenvalue weighted by molar-refractivity contribution is 0.103. The number of hydrogen-bond acceptors (Lipinski definition) is 2. The zero-order valence-corrected chi connectivity index (χ0v) is 12.0. The molecule has 0 atom stereocenters. The molecule has 0 spiro atoms. The molecule has 0 aliphatic rings. The summed E-state index contributed by atoms with van der Waals surface area (Å²) >= 11 is 0. The lowest BCUT2D eigenvalue weighted by Gasteiger charge is -2.10. The first kappa shape index (κ1) is 15.2. The second-order valence-electron chi connectivity index (χ2n) is 4.87. The maximum absolute atomic E-state index is 13.3. The van der Waals surface area contributed by atoms with Gasteiger partial charge < -0.3 is 5.73 Å². The molecule has 2 aromatic carbocycles. The fraction of sp³-hybridized carbons (Fsp3) is 0.235. The molecule has 2 N–H and O–H groups in total. The summed E-state index contributed by atoms with van der Waals surface area (Å²) in [6.45, 7) is 4.05. The highest BCUT2D eigenvalue weighted by Crippen LogP contribution is 2.22. The Labute approximate surface area is 122 Å². The summed E-state index contributed by atoms with van der Waals surface area (Å²) in [5.74, 6) is -2.53. The van der Waals surface area contributed by atoms with Gasteiger partial charge >= 0.3 is 0 Å². The molecule has 0 heterocycles. The van der Waals surface area contributed by atoms with Gasteiger partial charge in [0.15, 0.2) is 17.4 Å². The van der Waals surface area contributed by atoms with Gasteiger partial charge in [-0.1, -0.05) is 26.0 Å². The zero-order valence-electron chi connectivity index (χ0n) is 12.0. The number of nitrogen functional groups attached to an aromatic ring is 1. The molecule has 21 heavy (non-hydrogen) atoms. The van der Waals surface area contributed by atoms with Crippen molar-refractivity contribution in [3.05, 3.63) is 64.2 Å². The average Bonchev–Trinajstić information content (AvgIpc) is 2.49. The molecular weight excluding hydrogens is 272 g/mol. The molecule has 2 rings (SSSR count). The summed E-state index contributed by atoms with van der Waals surface area (Å²) in [6, 6.07) is 7.07. The van der Waals surface area contributed by atoms with Gasteiger partial charge in [-0.05, 0) is 36.1 Å². The summed E-state index contributed by atoms with van der Waals surface area (Å²) < 4.78 is 26.4. The number of nitrogens with two attached hydrogens (primary N) is 1. The van der Waals surface area contributed by atoms with E-state index in [4.69, 9.17) is 5.73 Å². The number of halogens is 2. The van der Waals surface area contributed by atoms with Crippen molar-refractivity contribution in [3.63, 3.8) is 0 Å². The van der Waals surface area contributed by atoms with Crippen molar-refractivity contribution < 1.29 is 13.6 Å². The van der Waals surface area contributed by atoms with Crippen LogP contribution in [0.25, 0.3) is 0 Å². The normalized spacial score (nSPS) is 10.7. The number of hydrogen-bond donors (Lipinski definition) is 1. The van der Waals surface area contributed by atoms with Gasteiger partial charge in [0.05, 0.1) is 0 Å². The molecule has 2 nitrogen and oxygen atoms in total. The Morgan fingerprint density at radius 3 is 2.24 bits per heavy atom. The minimum Gasteiger partial charge on any atom is -0.398 e. The summed E-state index contributed by atoms with van der Waals surface area (Å²) in [5, 5.41) is 0. The Kier molecular flexibility index (Phi) is 4.36. The van der Waals surface area contributed by atoms with Crippen LogP contribution in [-0.4, -0.2) is 5.78 Å². The van der Waals surface area contributed by atoms with Crippen molar-refractivity contribution in [1.82, 2.24) is 0 Å². The Morgan fingerprint density at radius 1 is 1.00 bits per heavy atom. The Morgan fingerprint density at radius 2 is 1.62 bits per heavy atom. The third-order valence-electron chi connectivity index (χ3n) is 3.57. The van der Waals surface area contributed by atoms with Gasteiger partial charge in [-0.15, -0.1) is 0 Å². The van der Waals surface area contributed by atoms with Crippen LogP contribution in [-0.2, 0) is 12.8 Å². The molecule has 0 aliphatic carbocycles. The van der Waals surface area contributed by atoms with E-state index in [2.05, 4.69) is 0 Å². The van der Waals surface area contributed by atoms with Gasteiger partial charge in [-0.25, -0.2) is 8.78 Å². The average molecular weight is 289 g/mol. The van der Waals surface area contributed by atoms with Crippen molar-refractivity contribution in [2.24, 2.45) is 0 Å². The Bertz CT molecular complexity index is 695. The monoisotopic (exact) mass is 289 g/mol.